The zero-order valence-electron chi connectivity index (χ0n) is 33.6. The molecule has 0 aliphatic carbocycles. The summed E-state index contributed by atoms with van der Waals surface area (Å²) in [5.41, 5.74) is 2.26. The summed E-state index contributed by atoms with van der Waals surface area (Å²) in [6, 6.07) is 25.2. The van der Waals surface area contributed by atoms with E-state index in [9.17, 15) is 14.4 Å². The van der Waals surface area contributed by atoms with Crippen molar-refractivity contribution in [3.05, 3.63) is 108 Å². The van der Waals surface area contributed by atoms with Gasteiger partial charge in [-0.05, 0) is 92.0 Å². The van der Waals surface area contributed by atoms with Gasteiger partial charge in [0.25, 0.3) is 5.91 Å². The van der Waals surface area contributed by atoms with Gasteiger partial charge in [0.2, 0.25) is 17.0 Å². The molecule has 3 aromatic carbocycles. The highest BCUT2D eigenvalue weighted by molar-refractivity contribution is 7.99. The van der Waals surface area contributed by atoms with E-state index in [1.165, 1.54) is 11.8 Å². The molecule has 4 heterocycles. The molecule has 6 aromatic rings. The number of hydrogen-bond donors (Lipinski definition) is 3. The van der Waals surface area contributed by atoms with E-state index in [1.54, 1.807) is 53.5 Å². The van der Waals surface area contributed by atoms with Gasteiger partial charge in [0, 0.05) is 40.5 Å². The van der Waals surface area contributed by atoms with Crippen LogP contribution in [-0.2, 0) is 34.0 Å². The molecule has 4 atom stereocenters. The molecular weight excluding hydrogens is 804 g/mol. The summed E-state index contributed by atoms with van der Waals surface area (Å²) >= 11 is 7.97. The number of likely N-dealkylation sites (tertiary alicyclic amines) is 1. The quantitative estimate of drug-likeness (QED) is 0.101. The minimum absolute atomic E-state index is 0.0641. The van der Waals surface area contributed by atoms with Crippen molar-refractivity contribution in [3.63, 3.8) is 0 Å². The summed E-state index contributed by atoms with van der Waals surface area (Å²) in [5.74, 6) is -0.852. The predicted molar refractivity (Wildman–Crippen MR) is 227 cm³/mol. The standard InChI is InChI=1S/C42H47ClN12O4S/c1-27(44-3)39(56)47-37(41(58)54-22-11-14-31(54)25-55-42(49-50-52-55)60-32-15-5-4-6-16-32)28(2)59-26-30-24-53(51-48-30)21-12-20-45-40(57)36-23-29-13-7-8-17-33(29)38(46-36)34-18-9-10-19-35(34)43/h4-10,13,15-19,23-24,27-28,31,37,44H,11-12,14,20-22,25-26H2,1-3H3,(H,45,57)(H,47,56)/t27-,28?,31-,37-/m0/s1. The number of carbonyl (C=O) groups is 3. The van der Waals surface area contributed by atoms with Gasteiger partial charge in [0.1, 0.15) is 17.4 Å². The van der Waals surface area contributed by atoms with E-state index in [0.717, 1.165) is 34.1 Å². The van der Waals surface area contributed by atoms with Crippen molar-refractivity contribution in [1.82, 2.24) is 61.0 Å². The molecule has 3 aromatic heterocycles. The third-order valence-corrected chi connectivity index (χ3v) is 11.7. The first-order chi connectivity index (χ1) is 29.2. The maximum Gasteiger partial charge on any atom is 0.269 e. The summed E-state index contributed by atoms with van der Waals surface area (Å²) < 4.78 is 9.60. The Bertz CT molecular complexity index is 2410. The molecule has 312 valence electrons. The summed E-state index contributed by atoms with van der Waals surface area (Å²) in [6.45, 7) is 5.37. The Labute approximate surface area is 356 Å². The summed E-state index contributed by atoms with van der Waals surface area (Å²) in [4.78, 5) is 48.2. The van der Waals surface area contributed by atoms with Crippen LogP contribution in [0.4, 0.5) is 0 Å². The lowest BCUT2D eigenvalue weighted by atomic mass is 10.0. The number of aromatic nitrogens is 8. The second-order valence-electron chi connectivity index (χ2n) is 14.5. The van der Waals surface area contributed by atoms with Crippen LogP contribution in [0, 0.1) is 0 Å². The topological polar surface area (TPSA) is 187 Å². The Morgan fingerprint density at radius 2 is 1.77 bits per heavy atom. The molecule has 1 saturated heterocycles. The van der Waals surface area contributed by atoms with E-state index < -0.39 is 18.2 Å². The van der Waals surface area contributed by atoms with Crippen molar-refractivity contribution >= 4 is 51.9 Å². The van der Waals surface area contributed by atoms with E-state index >= 15 is 0 Å². The third-order valence-electron chi connectivity index (χ3n) is 10.4. The van der Waals surface area contributed by atoms with Crippen molar-refractivity contribution in [3.8, 4) is 11.3 Å². The maximum absolute atomic E-state index is 14.3. The molecule has 60 heavy (non-hydrogen) atoms. The fraction of sp³-hybridized carbons (Fsp3) is 0.357. The maximum atomic E-state index is 14.3. The highest BCUT2D eigenvalue weighted by Gasteiger charge is 2.38. The van der Waals surface area contributed by atoms with Gasteiger partial charge in [-0.15, -0.1) is 10.2 Å². The molecule has 1 aliphatic heterocycles. The van der Waals surface area contributed by atoms with Gasteiger partial charge in [-0.25, -0.2) is 9.67 Å². The molecule has 0 bridgehead atoms. The van der Waals surface area contributed by atoms with Crippen LogP contribution in [-0.4, -0.2) is 107 Å². The van der Waals surface area contributed by atoms with Crippen molar-refractivity contribution in [2.24, 2.45) is 0 Å². The van der Waals surface area contributed by atoms with Gasteiger partial charge in [-0.3, -0.25) is 19.1 Å². The highest BCUT2D eigenvalue weighted by Crippen LogP contribution is 2.32. The molecule has 3 amide bonds. The van der Waals surface area contributed by atoms with Crippen molar-refractivity contribution < 1.29 is 19.1 Å². The van der Waals surface area contributed by atoms with Crippen LogP contribution in [0.1, 0.15) is 49.3 Å². The molecule has 1 aliphatic rings. The van der Waals surface area contributed by atoms with Crippen LogP contribution in [0.5, 0.6) is 0 Å². The SMILES string of the molecule is CN[C@@H](C)C(=O)N[C@H](C(=O)N1CCC[C@H]1Cn1nnnc1Sc1ccccc1)C(C)OCc1cn(CCCNC(=O)c2cc3ccccc3c(-c3ccccc3Cl)n2)nn1. The normalized spacial score (nSPS) is 15.5. The smallest absolute Gasteiger partial charge is 0.269 e. The Hall–Kier alpha value is -5.75. The molecule has 3 N–H and O–H groups in total. The van der Waals surface area contributed by atoms with Gasteiger partial charge in [-0.2, -0.15) is 0 Å². The van der Waals surface area contributed by atoms with Gasteiger partial charge in [0.15, 0.2) is 0 Å². The van der Waals surface area contributed by atoms with Gasteiger partial charge in [0.05, 0.1) is 43.2 Å². The number of aryl methyl sites for hydroxylation is 1. The van der Waals surface area contributed by atoms with Crippen LogP contribution >= 0.6 is 23.4 Å². The van der Waals surface area contributed by atoms with Crippen LogP contribution in [0.15, 0.2) is 101 Å². The summed E-state index contributed by atoms with van der Waals surface area (Å²) in [6.07, 6.45) is 3.21. The number of halogens is 1. The molecule has 1 unspecified atom stereocenters. The number of nitrogens with zero attached hydrogens (tertiary/aromatic N) is 9. The number of hydrogen-bond acceptors (Lipinski definition) is 12. The Morgan fingerprint density at radius 3 is 2.58 bits per heavy atom. The lowest BCUT2D eigenvalue weighted by Crippen LogP contribution is -2.58. The number of ether oxygens (including phenoxy) is 1. The summed E-state index contributed by atoms with van der Waals surface area (Å²) in [7, 11) is 1.69. The lowest BCUT2D eigenvalue weighted by molar-refractivity contribution is -0.142. The number of fused-ring (bicyclic) bond motifs is 1. The van der Waals surface area contributed by atoms with Crippen LogP contribution in [0.3, 0.4) is 0 Å². The van der Waals surface area contributed by atoms with Crippen molar-refractivity contribution in [2.75, 3.05) is 20.1 Å². The van der Waals surface area contributed by atoms with E-state index in [2.05, 4.69) is 41.8 Å². The Balaban J connectivity index is 0.938. The highest BCUT2D eigenvalue weighted by atomic mass is 35.5. The number of pyridine rings is 1. The van der Waals surface area contributed by atoms with Crippen LogP contribution in [0.25, 0.3) is 22.0 Å². The number of nitrogens with one attached hydrogen (secondary N) is 3. The molecule has 0 saturated carbocycles. The first-order valence-corrected chi connectivity index (χ1v) is 21.1. The number of carbonyl (C=O) groups excluding carboxylic acids is 3. The van der Waals surface area contributed by atoms with Gasteiger partial charge < -0.3 is 25.6 Å². The molecule has 0 radical (unpaired) electrons. The first kappa shape index (κ1) is 42.4. The zero-order valence-corrected chi connectivity index (χ0v) is 35.1. The first-order valence-electron chi connectivity index (χ1n) is 19.9. The van der Waals surface area contributed by atoms with Crippen LogP contribution in [0.2, 0.25) is 5.02 Å². The Kier molecular flexibility index (Phi) is 14.1. The van der Waals surface area contributed by atoms with E-state index in [4.69, 9.17) is 21.3 Å². The number of benzene rings is 3. The fourth-order valence-corrected chi connectivity index (χ4v) is 8.02. The molecule has 0 spiro atoms. The van der Waals surface area contributed by atoms with Crippen molar-refractivity contribution in [1.29, 1.82) is 0 Å². The van der Waals surface area contributed by atoms with E-state index in [-0.39, 0.29) is 30.4 Å². The number of likely N-dealkylation sites (N-methyl/N-ethyl adjacent to an activating group) is 1. The largest absolute Gasteiger partial charge is 0.369 e. The molecule has 16 nitrogen and oxygen atoms in total. The van der Waals surface area contributed by atoms with Gasteiger partial charge in [-0.1, -0.05) is 77.5 Å². The monoisotopic (exact) mass is 850 g/mol. The van der Waals surface area contributed by atoms with E-state index in [0.29, 0.717) is 59.9 Å². The minimum atomic E-state index is -0.961. The molecule has 18 heteroatoms. The molecule has 7 rings (SSSR count). The van der Waals surface area contributed by atoms with E-state index in [1.807, 2.05) is 72.8 Å². The minimum Gasteiger partial charge on any atom is -0.369 e. The Morgan fingerprint density at radius 1 is 0.983 bits per heavy atom. The average Bonchev–Trinajstić information content (AvgIpc) is 4.05. The second kappa shape index (κ2) is 20.0. The molecule has 1 fully saturated rings. The fourth-order valence-electron chi connectivity index (χ4n) is 7.00. The third kappa shape index (κ3) is 10.3. The van der Waals surface area contributed by atoms with Gasteiger partial charge >= 0.3 is 0 Å². The average molecular weight is 851 g/mol. The number of rotatable bonds is 18. The van der Waals surface area contributed by atoms with Crippen molar-refractivity contribution in [2.45, 2.75) is 87.1 Å². The predicted octanol–water partition coefficient (Wildman–Crippen LogP) is 4.79. The van der Waals surface area contributed by atoms with Crippen LogP contribution < -0.4 is 16.0 Å². The lowest BCUT2D eigenvalue weighted by Gasteiger charge is -2.32. The zero-order chi connectivity index (χ0) is 42.0. The number of tetrazole rings is 1. The summed E-state index contributed by atoms with van der Waals surface area (Å²) in [5, 5.41) is 32.6. The number of amides is 3. The second-order valence-corrected chi connectivity index (χ2v) is 16.0. The molecular formula is C42H47ClN12O4S.